The van der Waals surface area contributed by atoms with Crippen molar-refractivity contribution in [2.24, 2.45) is 52.3 Å². The van der Waals surface area contributed by atoms with E-state index in [4.69, 9.17) is 0 Å². The van der Waals surface area contributed by atoms with Gasteiger partial charge in [0.1, 0.15) is 0 Å². The molecule has 0 aromatic carbocycles. The molecule has 4 aliphatic rings. The van der Waals surface area contributed by atoms with E-state index in [-0.39, 0.29) is 6.10 Å². The van der Waals surface area contributed by atoms with Crippen molar-refractivity contribution in [1.82, 2.24) is 0 Å². The molecule has 1 nitrogen and oxygen atoms in total. The molecule has 0 aliphatic heterocycles. The predicted molar refractivity (Wildman–Crippen MR) is 128 cm³/mol. The van der Waals surface area contributed by atoms with E-state index in [1.54, 1.807) is 5.57 Å². The van der Waals surface area contributed by atoms with Crippen molar-refractivity contribution in [2.45, 2.75) is 105 Å². The van der Waals surface area contributed by atoms with Crippen LogP contribution >= 0.6 is 0 Å². The summed E-state index contributed by atoms with van der Waals surface area (Å²) in [5, 5.41) is 10.2. The third-order valence-electron chi connectivity index (χ3n) is 10.8. The summed E-state index contributed by atoms with van der Waals surface area (Å²) in [6.45, 7) is 14.8. The van der Waals surface area contributed by atoms with E-state index < -0.39 is 0 Å². The fourth-order valence-corrected chi connectivity index (χ4v) is 8.83. The molecule has 0 bridgehead atoms. The first-order chi connectivity index (χ1) is 14.2. The van der Waals surface area contributed by atoms with Crippen LogP contribution in [-0.4, -0.2) is 11.2 Å². The Balaban J connectivity index is 1.52. The van der Waals surface area contributed by atoms with Gasteiger partial charge in [-0.05, 0) is 110 Å². The molecule has 4 rings (SSSR count). The van der Waals surface area contributed by atoms with Gasteiger partial charge in [0.05, 0.1) is 6.10 Å². The average Bonchev–Trinajstić information content (AvgIpc) is 3.06. The highest BCUT2D eigenvalue weighted by Gasteiger charge is 2.58. The monoisotopic (exact) mass is 412 g/mol. The quantitative estimate of drug-likeness (QED) is 0.457. The maximum atomic E-state index is 10.2. The molecule has 0 amide bonds. The Kier molecular flexibility index (Phi) is 6.35. The topological polar surface area (TPSA) is 20.2 Å². The third-order valence-corrected chi connectivity index (χ3v) is 10.8. The van der Waals surface area contributed by atoms with E-state index in [1.807, 2.05) is 0 Å². The zero-order chi connectivity index (χ0) is 21.7. The third kappa shape index (κ3) is 3.66. The summed E-state index contributed by atoms with van der Waals surface area (Å²) >= 11 is 0. The maximum Gasteiger partial charge on any atom is 0.0577 e. The highest BCUT2D eigenvalue weighted by Crippen LogP contribution is 2.67. The molecule has 3 fully saturated rings. The lowest BCUT2D eigenvalue weighted by atomic mass is 9.47. The summed E-state index contributed by atoms with van der Waals surface area (Å²) in [6, 6.07) is 0. The Morgan fingerprint density at radius 2 is 1.80 bits per heavy atom. The van der Waals surface area contributed by atoms with E-state index in [2.05, 4.69) is 59.8 Å². The van der Waals surface area contributed by atoms with Gasteiger partial charge >= 0.3 is 0 Å². The lowest BCUT2D eigenvalue weighted by Gasteiger charge is -2.58. The van der Waals surface area contributed by atoms with Crippen LogP contribution in [0.2, 0.25) is 0 Å². The predicted octanol–water partition coefficient (Wildman–Crippen LogP) is 7.80. The second-order valence-electron chi connectivity index (χ2n) is 12.4. The highest BCUT2D eigenvalue weighted by molar-refractivity contribution is 5.25. The van der Waals surface area contributed by atoms with Crippen LogP contribution in [0.5, 0.6) is 0 Å². The second-order valence-corrected chi connectivity index (χ2v) is 12.4. The van der Waals surface area contributed by atoms with Gasteiger partial charge in [-0.25, -0.2) is 0 Å². The number of allylic oxidation sites excluding steroid dienone is 3. The summed E-state index contributed by atoms with van der Waals surface area (Å²) in [5.41, 5.74) is 2.51. The molecule has 0 heterocycles. The summed E-state index contributed by atoms with van der Waals surface area (Å²) < 4.78 is 0. The van der Waals surface area contributed by atoms with Crippen molar-refractivity contribution in [2.75, 3.05) is 0 Å². The van der Waals surface area contributed by atoms with Crippen LogP contribution < -0.4 is 0 Å². The van der Waals surface area contributed by atoms with E-state index in [0.29, 0.717) is 16.7 Å². The first-order valence-electron chi connectivity index (χ1n) is 13.3. The molecule has 3 saturated carbocycles. The molecule has 0 aromatic rings. The Morgan fingerprint density at radius 3 is 2.50 bits per heavy atom. The SMILES string of the molecule is CC[C@H](C=C[C@@H](C)[C@H]1CC[C@H]2[C@H]3CC=C4C[C@@H](O)CC[C@]4(C)[C@H]3CC[C@]12C)C(C)C. The first-order valence-corrected chi connectivity index (χ1v) is 13.3. The van der Waals surface area contributed by atoms with Crippen LogP contribution in [0.25, 0.3) is 0 Å². The molecule has 30 heavy (non-hydrogen) atoms. The van der Waals surface area contributed by atoms with Crippen LogP contribution in [0.4, 0.5) is 0 Å². The summed E-state index contributed by atoms with van der Waals surface area (Å²) in [7, 11) is 0. The largest absolute Gasteiger partial charge is 0.393 e. The van der Waals surface area contributed by atoms with Crippen LogP contribution in [0.1, 0.15) is 99.3 Å². The average molecular weight is 413 g/mol. The summed E-state index contributed by atoms with van der Waals surface area (Å²) in [4.78, 5) is 0. The van der Waals surface area contributed by atoms with Crippen molar-refractivity contribution in [3.8, 4) is 0 Å². The van der Waals surface area contributed by atoms with Gasteiger partial charge in [0.25, 0.3) is 0 Å². The lowest BCUT2D eigenvalue weighted by Crippen LogP contribution is -2.50. The molecule has 0 aromatic heterocycles. The van der Waals surface area contributed by atoms with Crippen molar-refractivity contribution in [3.63, 3.8) is 0 Å². The van der Waals surface area contributed by atoms with Gasteiger partial charge < -0.3 is 5.11 Å². The molecular weight excluding hydrogens is 364 g/mol. The molecular formula is C29H48O. The summed E-state index contributed by atoms with van der Waals surface area (Å²) in [6.07, 6.45) is 19.1. The number of hydrogen-bond donors (Lipinski definition) is 1. The van der Waals surface area contributed by atoms with Gasteiger partial charge in [0.15, 0.2) is 0 Å². The number of rotatable bonds is 5. The zero-order valence-electron chi connectivity index (χ0n) is 20.7. The van der Waals surface area contributed by atoms with Crippen LogP contribution in [0, 0.1) is 52.3 Å². The smallest absolute Gasteiger partial charge is 0.0577 e. The van der Waals surface area contributed by atoms with Crippen LogP contribution in [0.15, 0.2) is 23.8 Å². The fraction of sp³-hybridized carbons (Fsp3) is 0.862. The molecule has 1 N–H and O–H groups in total. The Labute approximate surface area is 186 Å². The molecule has 0 unspecified atom stereocenters. The molecule has 0 saturated heterocycles. The Hall–Kier alpha value is -0.560. The van der Waals surface area contributed by atoms with Crippen molar-refractivity contribution >= 4 is 0 Å². The van der Waals surface area contributed by atoms with E-state index >= 15 is 0 Å². The lowest BCUT2D eigenvalue weighted by molar-refractivity contribution is -0.0540. The number of aliphatic hydroxyl groups is 1. The molecule has 170 valence electrons. The van der Waals surface area contributed by atoms with Gasteiger partial charge in [0, 0.05) is 0 Å². The molecule has 9 atom stereocenters. The van der Waals surface area contributed by atoms with E-state index in [1.165, 1.54) is 44.9 Å². The van der Waals surface area contributed by atoms with Crippen LogP contribution in [0.3, 0.4) is 0 Å². The van der Waals surface area contributed by atoms with E-state index in [9.17, 15) is 5.11 Å². The second kappa shape index (κ2) is 8.42. The van der Waals surface area contributed by atoms with Crippen molar-refractivity contribution < 1.29 is 5.11 Å². The summed E-state index contributed by atoms with van der Waals surface area (Å²) in [5.74, 6) is 5.70. The zero-order valence-corrected chi connectivity index (χ0v) is 20.7. The number of aliphatic hydroxyl groups excluding tert-OH is 1. The maximum absolute atomic E-state index is 10.2. The standard InChI is InChI=1S/C29H48O/c1-7-21(19(2)3)9-8-20(4)25-12-13-26-24-11-10-22-18-23(30)14-16-28(22,5)27(24)15-17-29(25,26)6/h8-10,19-21,23-27,30H,7,11-18H2,1-6H3/t20-,21-,23+,24-,25-,26+,27+,28+,29-/m1/s1. The number of hydrogen-bond acceptors (Lipinski definition) is 1. The molecule has 0 radical (unpaired) electrons. The van der Waals surface area contributed by atoms with Crippen LogP contribution in [-0.2, 0) is 0 Å². The minimum absolute atomic E-state index is 0.0870. The molecule has 0 spiro atoms. The van der Waals surface area contributed by atoms with E-state index in [0.717, 1.165) is 48.3 Å². The Bertz CT molecular complexity index is 674. The fourth-order valence-electron chi connectivity index (χ4n) is 8.83. The Morgan fingerprint density at radius 1 is 1.03 bits per heavy atom. The van der Waals surface area contributed by atoms with Crippen molar-refractivity contribution in [1.29, 1.82) is 0 Å². The van der Waals surface area contributed by atoms with Gasteiger partial charge in [0.2, 0.25) is 0 Å². The number of fused-ring (bicyclic) bond motifs is 5. The van der Waals surface area contributed by atoms with Gasteiger partial charge in [-0.15, -0.1) is 0 Å². The van der Waals surface area contributed by atoms with Gasteiger partial charge in [-0.3, -0.25) is 0 Å². The molecule has 1 heteroatoms. The van der Waals surface area contributed by atoms with Gasteiger partial charge in [-0.1, -0.05) is 65.3 Å². The first kappa shape index (κ1) is 22.6. The van der Waals surface area contributed by atoms with Crippen molar-refractivity contribution in [3.05, 3.63) is 23.8 Å². The minimum Gasteiger partial charge on any atom is -0.393 e. The molecule has 4 aliphatic carbocycles. The highest BCUT2D eigenvalue weighted by atomic mass is 16.3. The normalized spacial score (nSPS) is 45.6. The minimum atomic E-state index is -0.0870. The van der Waals surface area contributed by atoms with Gasteiger partial charge in [-0.2, -0.15) is 0 Å².